The minimum Gasteiger partial charge on any atom is 3.00 e. The average molecular weight is 1040 g/mol. The van der Waals surface area contributed by atoms with Crippen molar-refractivity contribution in [1.29, 1.82) is 0 Å². The van der Waals surface area contributed by atoms with E-state index >= 15 is 0 Å². The van der Waals surface area contributed by atoms with Crippen LogP contribution >= 0.6 is 7.81 Å². The van der Waals surface area contributed by atoms with Gasteiger partial charge >= 0.3 is 65.4 Å². The molecule has 4 heterocycles. The maximum Gasteiger partial charge on any atom is 3.00 e. The second-order valence-corrected chi connectivity index (χ2v) is 13.3. The van der Waals surface area contributed by atoms with E-state index < -0.39 is 55.3 Å². The molecule has 0 atom stereocenters. The molecule has 2 aliphatic rings. The first kappa shape index (κ1) is 49.0. The van der Waals surface area contributed by atoms with Gasteiger partial charge in [-0.15, -0.1) is 0 Å². The Morgan fingerprint density at radius 3 is 1.02 bits per heavy atom. The molecule has 0 unspecified atom stereocenters. The van der Waals surface area contributed by atoms with Crippen molar-refractivity contribution in [1.82, 2.24) is 19.9 Å². The second kappa shape index (κ2) is 18.2. The molecule has 0 amide bonds. The van der Waals surface area contributed by atoms with Gasteiger partial charge in [-0.25, -0.2) is 11.5 Å². The zero-order valence-electron chi connectivity index (χ0n) is 28.9. The Hall–Kier alpha value is -5.18. The van der Waals surface area contributed by atoms with Crippen molar-refractivity contribution in [2.24, 2.45) is 0 Å². The van der Waals surface area contributed by atoms with E-state index in [1.807, 2.05) is 26.0 Å². The Bertz CT molecular complexity index is 2060. The SMILES string of the molecule is Cc1ccc(C2=C=CC(F)=C[C-]2F)nc1.Cc1ccc(C2=C=CC(F)=C[C-]2F)nc1.FC(F)(F)c1ccc(-c2ccc(C(F)(F)F)cn2)nc1.F[P-](F)(F)(F)(F)F.[Ir+3]. The molecule has 0 saturated heterocycles. The van der Waals surface area contributed by atoms with Gasteiger partial charge in [-0.2, -0.15) is 26.3 Å². The average Bonchev–Trinajstić information content (AvgIpc) is 3.08. The van der Waals surface area contributed by atoms with Crippen molar-refractivity contribution in [3.05, 3.63) is 167 Å². The molecule has 6 rings (SSSR count). The number of pyridine rings is 4. The molecule has 0 aliphatic heterocycles. The van der Waals surface area contributed by atoms with Crippen molar-refractivity contribution in [3.63, 3.8) is 0 Å². The fraction of sp³-hybridized carbons (Fsp3) is 0.111. The number of alkyl halides is 6. The van der Waals surface area contributed by atoms with Crippen LogP contribution in [0.2, 0.25) is 0 Å². The standard InChI is InChI=1S/C12H6F6N2.2C12H8F2N.F6P.Ir/c13-11(14,15)7-1-3-9(19-5-7)10-4-2-8(6-20-10)12(16,17)18;2*1-8-2-5-12(15-7-8)10-4-3-9(13)6-11(10)14;1-7(2,3,4,5)6;/h1-6H;2*2-3,5-7H,1H3;;/q;3*-1;+3. The maximum atomic E-state index is 13.3. The third kappa shape index (κ3) is 17.5. The van der Waals surface area contributed by atoms with Crippen LogP contribution in [0.5, 0.6) is 0 Å². The summed E-state index contributed by atoms with van der Waals surface area (Å²) in [5, 5.41) is 0. The first-order chi connectivity index (χ1) is 26.0. The number of hydrogen-bond acceptors (Lipinski definition) is 4. The summed E-state index contributed by atoms with van der Waals surface area (Å²) in [6.07, 6.45) is -2.00. The number of aromatic nitrogens is 4. The quantitative estimate of drug-likeness (QED) is 0.0888. The van der Waals surface area contributed by atoms with Crippen LogP contribution in [0.15, 0.2) is 121 Å². The molecule has 0 fully saturated rings. The molecule has 4 nitrogen and oxygen atoms in total. The normalized spacial score (nSPS) is 14.9. The van der Waals surface area contributed by atoms with Crippen LogP contribution in [0.4, 0.5) is 69.1 Å². The molecule has 0 N–H and O–H groups in total. The van der Waals surface area contributed by atoms with Gasteiger partial charge in [0, 0.05) is 48.8 Å². The zero-order chi connectivity index (χ0) is 43.0. The van der Waals surface area contributed by atoms with Crippen molar-refractivity contribution in [2.75, 3.05) is 0 Å². The van der Waals surface area contributed by atoms with Gasteiger partial charge in [-0.1, -0.05) is 59.7 Å². The van der Waals surface area contributed by atoms with Crippen molar-refractivity contribution in [2.45, 2.75) is 26.2 Å². The van der Waals surface area contributed by atoms with Crippen LogP contribution in [-0.2, 0) is 32.5 Å². The largest absolute Gasteiger partial charge is 3.00 e. The van der Waals surface area contributed by atoms with Crippen LogP contribution in [0.1, 0.15) is 33.6 Å². The summed E-state index contributed by atoms with van der Waals surface area (Å²) in [5.74, 6) is -1.27. The third-order valence-corrected chi connectivity index (χ3v) is 6.49. The molecular formula is C36H22F16IrN4P. The van der Waals surface area contributed by atoms with Gasteiger partial charge in [0.15, 0.2) is 0 Å². The van der Waals surface area contributed by atoms with E-state index in [9.17, 15) is 69.1 Å². The summed E-state index contributed by atoms with van der Waals surface area (Å²) in [6.45, 7) is 3.78. The van der Waals surface area contributed by atoms with Crippen molar-refractivity contribution >= 4 is 19.0 Å². The smallest absolute Gasteiger partial charge is 3.00 e. The molecule has 0 saturated carbocycles. The molecule has 0 bridgehead atoms. The Balaban J connectivity index is 0.000000278. The summed E-state index contributed by atoms with van der Waals surface area (Å²) in [5.41, 5.74) is 6.58. The molecule has 0 radical (unpaired) electrons. The number of aryl methyl sites for hydroxylation is 2. The molecule has 58 heavy (non-hydrogen) atoms. The molecule has 312 valence electrons. The molecule has 2 aliphatic carbocycles. The number of allylic oxidation sites excluding steroid dienone is 6. The first-order valence-electron chi connectivity index (χ1n) is 15.2. The number of hydrogen-bond donors (Lipinski definition) is 0. The zero-order valence-corrected chi connectivity index (χ0v) is 32.1. The minimum atomic E-state index is -10.7. The molecule has 4 aromatic rings. The van der Waals surface area contributed by atoms with Crippen molar-refractivity contribution in [3.8, 4) is 11.4 Å². The Labute approximate surface area is 331 Å². The van der Waals surface area contributed by atoms with Crippen LogP contribution in [0, 0.1) is 26.2 Å². The fourth-order valence-electron chi connectivity index (χ4n) is 3.94. The molecule has 4 aromatic heterocycles. The summed E-state index contributed by atoms with van der Waals surface area (Å²) in [4.78, 5) is 15.2. The predicted molar refractivity (Wildman–Crippen MR) is 179 cm³/mol. The molecule has 0 spiro atoms. The van der Waals surface area contributed by atoms with E-state index in [0.29, 0.717) is 23.8 Å². The van der Waals surface area contributed by atoms with Crippen LogP contribution < -0.4 is 0 Å². The van der Waals surface area contributed by atoms with E-state index in [2.05, 4.69) is 31.4 Å². The van der Waals surface area contributed by atoms with Gasteiger partial charge in [0.25, 0.3) is 0 Å². The summed E-state index contributed by atoms with van der Waals surface area (Å²) in [7, 11) is -10.7. The topological polar surface area (TPSA) is 51.6 Å². The Morgan fingerprint density at radius 1 is 0.500 bits per heavy atom. The Kier molecular flexibility index (Phi) is 15.3. The third-order valence-electron chi connectivity index (χ3n) is 6.49. The minimum absolute atomic E-state index is 0. The summed E-state index contributed by atoms with van der Waals surface area (Å²) >= 11 is 0. The molecular weight excluding hydrogens is 1020 g/mol. The van der Waals surface area contributed by atoms with E-state index in [1.165, 1.54) is 0 Å². The van der Waals surface area contributed by atoms with Gasteiger partial charge in [0.2, 0.25) is 0 Å². The van der Waals surface area contributed by atoms with Crippen LogP contribution in [-0.4, -0.2) is 19.9 Å². The van der Waals surface area contributed by atoms with Crippen molar-refractivity contribution < 1.29 is 89.2 Å². The van der Waals surface area contributed by atoms with Gasteiger partial charge in [0.1, 0.15) is 0 Å². The number of rotatable bonds is 3. The second-order valence-electron chi connectivity index (χ2n) is 11.3. The molecule has 22 heteroatoms. The van der Waals surface area contributed by atoms with E-state index in [4.69, 9.17) is 0 Å². The molecule has 0 aromatic carbocycles. The van der Waals surface area contributed by atoms with Gasteiger partial charge in [0.05, 0.1) is 22.5 Å². The number of halogens is 16. The first-order valence-corrected chi connectivity index (χ1v) is 17.2. The summed E-state index contributed by atoms with van der Waals surface area (Å²) in [6, 6.07) is 10.7. The van der Waals surface area contributed by atoms with Crippen LogP contribution in [0.3, 0.4) is 0 Å². The van der Waals surface area contributed by atoms with E-state index in [0.717, 1.165) is 59.7 Å². The predicted octanol–water partition coefficient (Wildman–Crippen LogP) is 14.2. The van der Waals surface area contributed by atoms with Gasteiger partial charge in [-0.05, 0) is 60.6 Å². The number of nitrogens with zero attached hydrogens (tertiary/aromatic N) is 4. The maximum absolute atomic E-state index is 13.3. The van der Waals surface area contributed by atoms with E-state index in [-0.39, 0.29) is 42.6 Å². The Morgan fingerprint density at radius 2 is 0.793 bits per heavy atom. The monoisotopic (exact) mass is 1040 g/mol. The van der Waals surface area contributed by atoms with Gasteiger partial charge in [-0.3, -0.25) is 27.5 Å². The summed E-state index contributed by atoms with van der Waals surface area (Å²) < 4.78 is 185. The fourth-order valence-corrected chi connectivity index (χ4v) is 3.94. The van der Waals surface area contributed by atoms with Gasteiger partial charge < -0.3 is 9.97 Å². The van der Waals surface area contributed by atoms with E-state index in [1.54, 1.807) is 24.5 Å². The van der Waals surface area contributed by atoms with Crippen LogP contribution in [0.25, 0.3) is 22.5 Å².